The average molecular weight is 275 g/mol. The Morgan fingerprint density at radius 3 is 2.75 bits per heavy atom. The van der Waals surface area contributed by atoms with Crippen LogP contribution in [-0.2, 0) is 0 Å². The van der Waals surface area contributed by atoms with Crippen molar-refractivity contribution in [2.24, 2.45) is 0 Å². The smallest absolute Gasteiger partial charge is 0.251 e. The predicted octanol–water partition coefficient (Wildman–Crippen LogP) is 0.339. The summed E-state index contributed by atoms with van der Waals surface area (Å²) in [5, 5.41) is 16.2. The minimum atomic E-state index is -0.337. The van der Waals surface area contributed by atoms with E-state index < -0.39 is 0 Å². The summed E-state index contributed by atoms with van der Waals surface area (Å²) < 4.78 is 0. The van der Waals surface area contributed by atoms with Gasteiger partial charge in [-0.2, -0.15) is 5.21 Å². The average Bonchev–Trinajstić information content (AvgIpc) is 2.91. The van der Waals surface area contributed by atoms with Gasteiger partial charge in [-0.05, 0) is 25.1 Å². The Labute approximate surface area is 116 Å². The van der Waals surface area contributed by atoms with Crippen molar-refractivity contribution in [3.8, 4) is 0 Å². The van der Waals surface area contributed by atoms with Crippen molar-refractivity contribution in [1.29, 1.82) is 0 Å². The lowest BCUT2D eigenvalue weighted by Crippen LogP contribution is -2.27. The Balaban J connectivity index is 2.12. The number of carbonyl (C=O) groups excluding carboxylic acids is 1. The van der Waals surface area contributed by atoms with E-state index in [4.69, 9.17) is 5.73 Å². The molecule has 1 atom stereocenters. The summed E-state index contributed by atoms with van der Waals surface area (Å²) in [5.74, 6) is 0.190. The number of hydrogen-bond acceptors (Lipinski definition) is 6. The van der Waals surface area contributed by atoms with Gasteiger partial charge >= 0.3 is 0 Å². The highest BCUT2D eigenvalue weighted by Crippen LogP contribution is 2.22. The summed E-state index contributed by atoms with van der Waals surface area (Å²) in [7, 11) is 3.79. The minimum Gasteiger partial charge on any atom is -0.397 e. The highest BCUT2D eigenvalue weighted by Gasteiger charge is 2.15. The third-order valence-electron chi connectivity index (χ3n) is 2.87. The van der Waals surface area contributed by atoms with Crippen LogP contribution in [0.1, 0.15) is 29.1 Å². The van der Waals surface area contributed by atoms with E-state index >= 15 is 0 Å². The first-order valence-corrected chi connectivity index (χ1v) is 6.10. The summed E-state index contributed by atoms with van der Waals surface area (Å²) >= 11 is 0. The number of benzene rings is 1. The zero-order valence-electron chi connectivity index (χ0n) is 11.6. The molecule has 2 rings (SSSR count). The Hall–Kier alpha value is -2.64. The number of aromatic nitrogens is 4. The van der Waals surface area contributed by atoms with Crippen LogP contribution >= 0.6 is 0 Å². The highest BCUT2D eigenvalue weighted by atomic mass is 16.1. The molecule has 0 aliphatic heterocycles. The van der Waals surface area contributed by atoms with Crippen LogP contribution in [0.5, 0.6) is 0 Å². The zero-order chi connectivity index (χ0) is 14.7. The molecule has 2 aromatic rings. The van der Waals surface area contributed by atoms with E-state index in [1.165, 1.54) is 0 Å². The summed E-state index contributed by atoms with van der Waals surface area (Å²) in [6, 6.07) is 4.84. The number of aromatic amines is 1. The lowest BCUT2D eigenvalue weighted by atomic mass is 10.1. The number of anilines is 2. The van der Waals surface area contributed by atoms with E-state index in [1.807, 2.05) is 25.1 Å². The van der Waals surface area contributed by atoms with E-state index in [0.717, 1.165) is 5.69 Å². The molecule has 4 N–H and O–H groups in total. The largest absolute Gasteiger partial charge is 0.397 e. The topological polar surface area (TPSA) is 113 Å². The summed E-state index contributed by atoms with van der Waals surface area (Å²) in [4.78, 5) is 14.0. The number of amides is 1. The SMILES string of the molecule is CC(NC(=O)c1ccc(N(C)C)c(N)c1)c1nn[nH]n1. The lowest BCUT2D eigenvalue weighted by molar-refractivity contribution is 0.0938. The molecule has 1 unspecified atom stereocenters. The molecule has 20 heavy (non-hydrogen) atoms. The maximum Gasteiger partial charge on any atom is 0.251 e. The predicted molar refractivity (Wildman–Crippen MR) is 75.2 cm³/mol. The van der Waals surface area contributed by atoms with Crippen molar-refractivity contribution in [2.45, 2.75) is 13.0 Å². The van der Waals surface area contributed by atoms with Gasteiger partial charge in [-0.15, -0.1) is 10.2 Å². The molecule has 0 saturated heterocycles. The van der Waals surface area contributed by atoms with Gasteiger partial charge in [0.05, 0.1) is 17.4 Å². The summed E-state index contributed by atoms with van der Waals surface area (Å²) in [6.45, 7) is 1.78. The van der Waals surface area contributed by atoms with Crippen molar-refractivity contribution in [3.63, 3.8) is 0 Å². The number of nitrogens with zero attached hydrogens (tertiary/aromatic N) is 4. The molecule has 1 aromatic carbocycles. The number of tetrazole rings is 1. The number of nitrogens with one attached hydrogen (secondary N) is 2. The van der Waals surface area contributed by atoms with Gasteiger partial charge in [0, 0.05) is 19.7 Å². The monoisotopic (exact) mass is 275 g/mol. The first kappa shape index (κ1) is 13.8. The van der Waals surface area contributed by atoms with Crippen LogP contribution in [0.15, 0.2) is 18.2 Å². The van der Waals surface area contributed by atoms with Gasteiger partial charge in [0.15, 0.2) is 5.82 Å². The molecule has 0 aliphatic rings. The molecule has 0 spiro atoms. The molecule has 1 heterocycles. The van der Waals surface area contributed by atoms with Crippen molar-refractivity contribution in [3.05, 3.63) is 29.6 Å². The minimum absolute atomic E-state index is 0.237. The van der Waals surface area contributed by atoms with Gasteiger partial charge in [0.1, 0.15) is 0 Å². The molecule has 1 amide bonds. The Bertz CT molecular complexity index is 594. The lowest BCUT2D eigenvalue weighted by Gasteiger charge is -2.16. The third kappa shape index (κ3) is 2.85. The molecule has 0 bridgehead atoms. The fourth-order valence-electron chi connectivity index (χ4n) is 1.80. The number of nitrogen functional groups attached to an aromatic ring is 1. The van der Waals surface area contributed by atoms with Crippen LogP contribution in [0.25, 0.3) is 0 Å². The van der Waals surface area contributed by atoms with Crippen molar-refractivity contribution < 1.29 is 4.79 Å². The second-order valence-corrected chi connectivity index (χ2v) is 4.63. The molecule has 8 nitrogen and oxygen atoms in total. The second-order valence-electron chi connectivity index (χ2n) is 4.63. The molecule has 8 heteroatoms. The van der Waals surface area contributed by atoms with Crippen molar-refractivity contribution >= 4 is 17.3 Å². The van der Waals surface area contributed by atoms with Crippen LogP contribution in [0.4, 0.5) is 11.4 Å². The van der Waals surface area contributed by atoms with Gasteiger partial charge < -0.3 is 16.0 Å². The second kappa shape index (κ2) is 5.55. The Kier molecular flexibility index (Phi) is 3.83. The van der Waals surface area contributed by atoms with Gasteiger partial charge in [-0.1, -0.05) is 5.21 Å². The number of hydrogen-bond donors (Lipinski definition) is 3. The zero-order valence-corrected chi connectivity index (χ0v) is 11.6. The molecule has 0 aliphatic carbocycles. The fourth-order valence-corrected chi connectivity index (χ4v) is 1.80. The Morgan fingerprint density at radius 1 is 1.45 bits per heavy atom. The first-order valence-electron chi connectivity index (χ1n) is 6.10. The third-order valence-corrected chi connectivity index (χ3v) is 2.87. The van der Waals surface area contributed by atoms with E-state index in [1.54, 1.807) is 19.1 Å². The van der Waals surface area contributed by atoms with E-state index in [-0.39, 0.29) is 11.9 Å². The number of rotatable bonds is 4. The van der Waals surface area contributed by atoms with Crippen LogP contribution in [0.3, 0.4) is 0 Å². The van der Waals surface area contributed by atoms with Gasteiger partial charge in [-0.25, -0.2) is 0 Å². The number of H-pyrrole nitrogens is 1. The van der Waals surface area contributed by atoms with E-state index in [2.05, 4.69) is 25.9 Å². The molecular formula is C12H17N7O. The van der Waals surface area contributed by atoms with Crippen LogP contribution in [0, 0.1) is 0 Å². The van der Waals surface area contributed by atoms with Crippen molar-refractivity contribution in [1.82, 2.24) is 25.9 Å². The van der Waals surface area contributed by atoms with E-state index in [0.29, 0.717) is 17.1 Å². The fraction of sp³-hybridized carbons (Fsp3) is 0.333. The number of carbonyl (C=O) groups is 1. The summed E-state index contributed by atoms with van der Waals surface area (Å²) in [6.07, 6.45) is 0. The molecule has 0 saturated carbocycles. The molecule has 1 aromatic heterocycles. The maximum absolute atomic E-state index is 12.1. The van der Waals surface area contributed by atoms with Crippen LogP contribution < -0.4 is 16.0 Å². The highest BCUT2D eigenvalue weighted by molar-refractivity contribution is 5.96. The Morgan fingerprint density at radius 2 is 2.20 bits per heavy atom. The maximum atomic E-state index is 12.1. The normalized spacial score (nSPS) is 11.9. The molecule has 0 radical (unpaired) electrons. The first-order chi connectivity index (χ1) is 9.49. The molecular weight excluding hydrogens is 258 g/mol. The van der Waals surface area contributed by atoms with Crippen LogP contribution in [-0.4, -0.2) is 40.6 Å². The summed E-state index contributed by atoms with van der Waals surface area (Å²) in [5.41, 5.74) is 7.83. The standard InChI is InChI=1S/C12H17N7O/c1-7(11-15-17-18-16-11)14-12(20)8-4-5-10(19(2)3)9(13)6-8/h4-7H,13H2,1-3H3,(H,14,20)(H,15,16,17,18). The van der Waals surface area contributed by atoms with Crippen molar-refractivity contribution in [2.75, 3.05) is 24.7 Å². The van der Waals surface area contributed by atoms with Gasteiger partial charge in [0.25, 0.3) is 5.91 Å². The quantitative estimate of drug-likeness (QED) is 0.693. The van der Waals surface area contributed by atoms with E-state index in [9.17, 15) is 4.79 Å². The molecule has 106 valence electrons. The molecule has 0 fully saturated rings. The number of nitrogens with two attached hydrogens (primary N) is 1. The van der Waals surface area contributed by atoms with Gasteiger partial charge in [-0.3, -0.25) is 4.79 Å². The van der Waals surface area contributed by atoms with Crippen LogP contribution in [0.2, 0.25) is 0 Å². The van der Waals surface area contributed by atoms with Gasteiger partial charge in [0.2, 0.25) is 0 Å².